The third kappa shape index (κ3) is 5.36. The molecular formula is C24H27N3O4. The Balaban J connectivity index is 1.86. The van der Waals surface area contributed by atoms with Gasteiger partial charge in [0.05, 0.1) is 16.6 Å². The predicted molar refractivity (Wildman–Crippen MR) is 121 cm³/mol. The number of hydrogen-bond donors (Lipinski definition) is 3. The number of carboxylic acid groups (broad SMARTS) is 1. The van der Waals surface area contributed by atoms with Gasteiger partial charge in [0.2, 0.25) is 5.91 Å². The summed E-state index contributed by atoms with van der Waals surface area (Å²) in [7, 11) is 0. The number of aromatic nitrogens is 2. The van der Waals surface area contributed by atoms with Crippen molar-refractivity contribution in [3.05, 3.63) is 69.6 Å². The van der Waals surface area contributed by atoms with E-state index in [9.17, 15) is 14.4 Å². The topological polar surface area (TPSA) is 112 Å². The minimum atomic E-state index is -0.978. The molecule has 0 atom stereocenters. The van der Waals surface area contributed by atoms with Crippen LogP contribution < -0.4 is 10.9 Å². The Labute approximate surface area is 180 Å². The highest BCUT2D eigenvalue weighted by Gasteiger charge is 2.17. The van der Waals surface area contributed by atoms with E-state index in [1.807, 2.05) is 0 Å². The van der Waals surface area contributed by atoms with Gasteiger partial charge < -0.3 is 10.4 Å². The number of H-pyrrole nitrogens is 1. The third-order valence-electron chi connectivity index (χ3n) is 5.35. The molecule has 0 spiro atoms. The number of anilines is 1. The fourth-order valence-electron chi connectivity index (χ4n) is 3.74. The number of aromatic amines is 1. The van der Waals surface area contributed by atoms with Crippen molar-refractivity contribution in [1.82, 2.24) is 10.2 Å². The molecule has 1 aromatic heterocycles. The number of hydrogen-bond acceptors (Lipinski definition) is 4. The van der Waals surface area contributed by atoms with Gasteiger partial charge in [0.1, 0.15) is 0 Å². The summed E-state index contributed by atoms with van der Waals surface area (Å²) < 4.78 is 0. The van der Waals surface area contributed by atoms with E-state index in [0.29, 0.717) is 28.6 Å². The van der Waals surface area contributed by atoms with Crippen LogP contribution >= 0.6 is 0 Å². The maximum Gasteiger partial charge on any atom is 0.335 e. The number of nitrogens with zero attached hydrogens (tertiary/aromatic N) is 1. The minimum absolute atomic E-state index is 0.0210. The number of rotatable bonds is 9. The van der Waals surface area contributed by atoms with Crippen LogP contribution in [0.2, 0.25) is 0 Å². The first kappa shape index (κ1) is 22.2. The summed E-state index contributed by atoms with van der Waals surface area (Å²) in [6, 6.07) is 11.8. The number of carbonyl (C=O) groups is 2. The van der Waals surface area contributed by atoms with E-state index in [2.05, 4.69) is 29.4 Å². The molecule has 0 saturated heterocycles. The van der Waals surface area contributed by atoms with Crippen molar-refractivity contribution in [3.63, 3.8) is 0 Å². The normalized spacial score (nSPS) is 11.1. The van der Waals surface area contributed by atoms with E-state index in [4.69, 9.17) is 5.11 Å². The number of nitrogens with one attached hydrogen (secondary N) is 2. The molecule has 2 aromatic carbocycles. The molecule has 1 heterocycles. The van der Waals surface area contributed by atoms with E-state index in [0.717, 1.165) is 31.2 Å². The Kier molecular flexibility index (Phi) is 7.18. The molecule has 162 valence electrons. The van der Waals surface area contributed by atoms with Crippen LogP contribution in [0.25, 0.3) is 10.8 Å². The van der Waals surface area contributed by atoms with Gasteiger partial charge in [0, 0.05) is 23.4 Å². The van der Waals surface area contributed by atoms with E-state index in [1.54, 1.807) is 42.5 Å². The second kappa shape index (κ2) is 10.0. The maximum atomic E-state index is 12.6. The molecule has 7 nitrogen and oxygen atoms in total. The number of carboxylic acids is 1. The molecule has 0 aliphatic heterocycles. The first-order chi connectivity index (χ1) is 14.9. The minimum Gasteiger partial charge on any atom is -0.478 e. The standard InChI is InChI=1S/C24H27N3O4/c1-3-5-16(6-4-2)22(28)25-18-11-12-19-20(14-18)23(29)27-26-21(19)13-15-7-9-17(10-8-15)24(30)31/h7-12,14,16H,3-6,13H2,1-2H3,(H,25,28)(H,27,29)(H,30,31). The van der Waals surface area contributed by atoms with Crippen molar-refractivity contribution >= 4 is 28.3 Å². The molecule has 0 bridgehead atoms. The summed E-state index contributed by atoms with van der Waals surface area (Å²) in [5.41, 5.74) is 2.03. The molecule has 3 N–H and O–H groups in total. The first-order valence-electron chi connectivity index (χ1n) is 10.6. The fraction of sp³-hybridized carbons (Fsp3) is 0.333. The first-order valence-corrected chi connectivity index (χ1v) is 10.6. The van der Waals surface area contributed by atoms with Crippen molar-refractivity contribution in [1.29, 1.82) is 0 Å². The molecule has 31 heavy (non-hydrogen) atoms. The second-order valence-corrected chi connectivity index (χ2v) is 7.70. The third-order valence-corrected chi connectivity index (χ3v) is 5.35. The van der Waals surface area contributed by atoms with Crippen molar-refractivity contribution in [2.45, 2.75) is 46.0 Å². The average molecular weight is 421 g/mol. The number of aromatic carboxylic acids is 1. The highest BCUT2D eigenvalue weighted by Crippen LogP contribution is 2.22. The van der Waals surface area contributed by atoms with E-state index in [1.165, 1.54) is 0 Å². The molecule has 0 unspecified atom stereocenters. The van der Waals surface area contributed by atoms with Crippen LogP contribution in [0, 0.1) is 5.92 Å². The summed E-state index contributed by atoms with van der Waals surface area (Å²) in [5.74, 6) is -1.04. The van der Waals surface area contributed by atoms with Crippen molar-refractivity contribution in [2.24, 2.45) is 5.92 Å². The Morgan fingerprint density at radius 3 is 2.32 bits per heavy atom. The molecule has 0 aliphatic carbocycles. The predicted octanol–water partition coefficient (Wildman–Crippen LogP) is 4.37. The SMILES string of the molecule is CCCC(CCC)C(=O)Nc1ccc2c(Cc3ccc(C(=O)O)cc3)n[nH]c(=O)c2c1. The van der Waals surface area contributed by atoms with Crippen LogP contribution in [0.15, 0.2) is 47.3 Å². The van der Waals surface area contributed by atoms with Gasteiger partial charge in [-0.3, -0.25) is 9.59 Å². The molecule has 0 saturated carbocycles. The van der Waals surface area contributed by atoms with Gasteiger partial charge in [-0.15, -0.1) is 0 Å². The smallest absolute Gasteiger partial charge is 0.335 e. The van der Waals surface area contributed by atoms with Crippen molar-refractivity contribution in [2.75, 3.05) is 5.32 Å². The lowest BCUT2D eigenvalue weighted by Crippen LogP contribution is -2.23. The average Bonchev–Trinajstić information content (AvgIpc) is 2.76. The Morgan fingerprint density at radius 1 is 1.03 bits per heavy atom. The van der Waals surface area contributed by atoms with Crippen LogP contribution in [0.5, 0.6) is 0 Å². The highest BCUT2D eigenvalue weighted by molar-refractivity contribution is 5.95. The number of carbonyl (C=O) groups excluding carboxylic acids is 1. The van der Waals surface area contributed by atoms with Crippen LogP contribution in [-0.2, 0) is 11.2 Å². The molecular weight excluding hydrogens is 394 g/mol. The van der Waals surface area contributed by atoms with Gasteiger partial charge in [-0.2, -0.15) is 5.10 Å². The Bertz CT molecular complexity index is 1130. The molecule has 1 amide bonds. The molecule has 7 heteroatoms. The quantitative estimate of drug-likeness (QED) is 0.475. The van der Waals surface area contributed by atoms with Gasteiger partial charge in [0.25, 0.3) is 5.56 Å². The summed E-state index contributed by atoms with van der Waals surface area (Å²) in [6.07, 6.45) is 4.00. The molecule has 3 rings (SSSR count). The zero-order chi connectivity index (χ0) is 22.4. The fourth-order valence-corrected chi connectivity index (χ4v) is 3.74. The molecule has 0 radical (unpaired) electrons. The lowest BCUT2D eigenvalue weighted by atomic mass is 9.97. The van der Waals surface area contributed by atoms with E-state index < -0.39 is 5.97 Å². The summed E-state index contributed by atoms with van der Waals surface area (Å²) in [5, 5.41) is 19.8. The zero-order valence-corrected chi connectivity index (χ0v) is 17.8. The number of amides is 1. The zero-order valence-electron chi connectivity index (χ0n) is 17.8. The van der Waals surface area contributed by atoms with Gasteiger partial charge in [0.15, 0.2) is 0 Å². The van der Waals surface area contributed by atoms with Crippen LogP contribution in [-0.4, -0.2) is 27.2 Å². The second-order valence-electron chi connectivity index (χ2n) is 7.70. The van der Waals surface area contributed by atoms with Gasteiger partial charge in [-0.25, -0.2) is 9.89 Å². The highest BCUT2D eigenvalue weighted by atomic mass is 16.4. The van der Waals surface area contributed by atoms with Crippen molar-refractivity contribution < 1.29 is 14.7 Å². The van der Waals surface area contributed by atoms with E-state index >= 15 is 0 Å². The Morgan fingerprint density at radius 2 is 1.71 bits per heavy atom. The number of fused-ring (bicyclic) bond motifs is 1. The molecule has 3 aromatic rings. The summed E-state index contributed by atoms with van der Waals surface area (Å²) in [6.45, 7) is 4.13. The number of benzene rings is 2. The van der Waals surface area contributed by atoms with Gasteiger partial charge in [-0.05, 0) is 42.7 Å². The largest absolute Gasteiger partial charge is 0.478 e. The Hall–Kier alpha value is -3.48. The lowest BCUT2D eigenvalue weighted by Gasteiger charge is -2.15. The van der Waals surface area contributed by atoms with Crippen LogP contribution in [0.3, 0.4) is 0 Å². The van der Waals surface area contributed by atoms with Crippen LogP contribution in [0.4, 0.5) is 5.69 Å². The summed E-state index contributed by atoms with van der Waals surface area (Å²) in [4.78, 5) is 36.1. The van der Waals surface area contributed by atoms with Gasteiger partial charge in [-0.1, -0.05) is 44.9 Å². The van der Waals surface area contributed by atoms with E-state index in [-0.39, 0.29) is 22.9 Å². The maximum absolute atomic E-state index is 12.6. The molecule has 0 aliphatic rings. The lowest BCUT2D eigenvalue weighted by molar-refractivity contribution is -0.120. The molecule has 0 fully saturated rings. The van der Waals surface area contributed by atoms with Crippen LogP contribution in [0.1, 0.15) is 61.1 Å². The monoisotopic (exact) mass is 421 g/mol. The van der Waals surface area contributed by atoms with Gasteiger partial charge >= 0.3 is 5.97 Å². The summed E-state index contributed by atoms with van der Waals surface area (Å²) >= 11 is 0. The van der Waals surface area contributed by atoms with Crippen molar-refractivity contribution in [3.8, 4) is 0 Å².